The molecule has 0 bridgehead atoms. The lowest BCUT2D eigenvalue weighted by molar-refractivity contribution is 0.0707. The van der Waals surface area contributed by atoms with Crippen LogP contribution in [-0.2, 0) is 0 Å². The van der Waals surface area contributed by atoms with Crippen LogP contribution in [0.2, 0.25) is 0 Å². The summed E-state index contributed by atoms with van der Waals surface area (Å²) in [6.45, 7) is 4.06. The van der Waals surface area contributed by atoms with E-state index in [-0.39, 0.29) is 17.4 Å². The van der Waals surface area contributed by atoms with Gasteiger partial charge in [0, 0.05) is 12.2 Å². The number of rotatable bonds is 3. The van der Waals surface area contributed by atoms with Crippen molar-refractivity contribution in [3.63, 3.8) is 0 Å². The smallest absolute Gasteiger partial charge is 0.258 e. The number of hydrogen-bond acceptors (Lipinski definition) is 4. The summed E-state index contributed by atoms with van der Waals surface area (Å²) in [5.74, 6) is -0.516. The predicted octanol–water partition coefficient (Wildman–Crippen LogP) is 2.85. The monoisotopic (exact) mass is 296 g/mol. The molecule has 0 aromatic heterocycles. The first-order chi connectivity index (χ1) is 10.6. The Morgan fingerprint density at radius 2 is 1.95 bits per heavy atom. The quantitative estimate of drug-likeness (QED) is 0.601. The second-order valence-corrected chi connectivity index (χ2v) is 5.09. The minimum Gasteiger partial charge on any atom is -0.504 e. The predicted molar refractivity (Wildman–Crippen MR) is 83.8 cm³/mol. The van der Waals surface area contributed by atoms with Crippen molar-refractivity contribution in [2.75, 3.05) is 11.9 Å². The highest BCUT2D eigenvalue weighted by molar-refractivity contribution is 6.01. The molecule has 3 N–H and O–H groups in total. The zero-order valence-electron chi connectivity index (χ0n) is 11.9. The molecule has 0 saturated carbocycles. The van der Waals surface area contributed by atoms with Crippen LogP contribution >= 0.6 is 0 Å². The van der Waals surface area contributed by atoms with E-state index < -0.39 is 6.17 Å². The van der Waals surface area contributed by atoms with Gasteiger partial charge in [-0.3, -0.25) is 4.79 Å². The van der Waals surface area contributed by atoms with E-state index in [9.17, 15) is 15.0 Å². The molecular formula is C17H16N2O3. The van der Waals surface area contributed by atoms with E-state index in [2.05, 4.69) is 11.9 Å². The van der Waals surface area contributed by atoms with Gasteiger partial charge in [0.1, 0.15) is 6.17 Å². The fourth-order valence-electron chi connectivity index (χ4n) is 2.59. The summed E-state index contributed by atoms with van der Waals surface area (Å²) in [6.07, 6.45) is 1.22. The van der Waals surface area contributed by atoms with E-state index in [1.807, 2.05) is 18.2 Å². The van der Waals surface area contributed by atoms with E-state index in [4.69, 9.17) is 0 Å². The molecule has 3 rings (SSSR count). The number of phenols is 2. The van der Waals surface area contributed by atoms with Gasteiger partial charge in [0.2, 0.25) is 0 Å². The maximum absolute atomic E-state index is 12.7. The van der Waals surface area contributed by atoms with Crippen LogP contribution in [0.3, 0.4) is 0 Å². The van der Waals surface area contributed by atoms with Crippen LogP contribution < -0.4 is 5.32 Å². The topological polar surface area (TPSA) is 72.8 Å². The Bertz CT molecular complexity index is 742. The molecule has 0 aliphatic carbocycles. The third kappa shape index (κ3) is 2.26. The van der Waals surface area contributed by atoms with Crippen molar-refractivity contribution >= 4 is 11.6 Å². The molecule has 1 aliphatic heterocycles. The van der Waals surface area contributed by atoms with Crippen molar-refractivity contribution < 1.29 is 15.0 Å². The van der Waals surface area contributed by atoms with E-state index in [1.54, 1.807) is 23.1 Å². The molecule has 1 atom stereocenters. The third-order valence-electron chi connectivity index (χ3n) is 3.66. The molecule has 2 aromatic carbocycles. The summed E-state index contributed by atoms with van der Waals surface area (Å²) in [6, 6.07) is 11.8. The number of nitrogens with one attached hydrogen (secondary N) is 1. The zero-order valence-corrected chi connectivity index (χ0v) is 11.9. The largest absolute Gasteiger partial charge is 0.504 e. The molecule has 1 aliphatic rings. The number of fused-ring (bicyclic) bond motifs is 1. The number of carbonyl (C=O) groups excluding carboxylic acids is 1. The van der Waals surface area contributed by atoms with Gasteiger partial charge in [-0.25, -0.2) is 0 Å². The third-order valence-corrected chi connectivity index (χ3v) is 3.66. The summed E-state index contributed by atoms with van der Waals surface area (Å²) >= 11 is 0. The molecule has 1 heterocycles. The Kier molecular flexibility index (Phi) is 3.47. The van der Waals surface area contributed by atoms with Gasteiger partial charge in [0.25, 0.3) is 5.91 Å². The molecular weight excluding hydrogens is 280 g/mol. The molecule has 0 saturated heterocycles. The normalized spacial score (nSPS) is 16.8. The van der Waals surface area contributed by atoms with Gasteiger partial charge in [-0.1, -0.05) is 24.3 Å². The van der Waals surface area contributed by atoms with Crippen molar-refractivity contribution in [3.05, 3.63) is 66.2 Å². The molecule has 22 heavy (non-hydrogen) atoms. The van der Waals surface area contributed by atoms with Crippen LogP contribution in [0.4, 0.5) is 5.69 Å². The lowest BCUT2D eigenvalue weighted by Crippen LogP contribution is -2.42. The Morgan fingerprint density at radius 1 is 1.18 bits per heavy atom. The first-order valence-electron chi connectivity index (χ1n) is 6.91. The van der Waals surface area contributed by atoms with Gasteiger partial charge < -0.3 is 20.4 Å². The van der Waals surface area contributed by atoms with E-state index in [0.29, 0.717) is 17.7 Å². The molecule has 2 aromatic rings. The van der Waals surface area contributed by atoms with Crippen LogP contribution in [-0.4, -0.2) is 27.6 Å². The Labute approximate surface area is 128 Å². The summed E-state index contributed by atoms with van der Waals surface area (Å²) in [4.78, 5) is 14.3. The molecule has 5 nitrogen and oxygen atoms in total. The minimum absolute atomic E-state index is 0.105. The summed E-state index contributed by atoms with van der Waals surface area (Å²) in [5.41, 5.74) is 2.02. The molecule has 5 heteroatoms. The molecule has 1 amide bonds. The number of anilines is 1. The van der Waals surface area contributed by atoms with Gasteiger partial charge in [0.15, 0.2) is 11.5 Å². The van der Waals surface area contributed by atoms with E-state index in [0.717, 1.165) is 5.69 Å². The summed E-state index contributed by atoms with van der Waals surface area (Å²) in [5, 5.41) is 22.5. The number of para-hydroxylation sites is 1. The van der Waals surface area contributed by atoms with Crippen molar-refractivity contribution in [3.8, 4) is 11.5 Å². The number of aromatic hydroxyl groups is 2. The second-order valence-electron chi connectivity index (χ2n) is 5.09. The highest BCUT2D eigenvalue weighted by Crippen LogP contribution is 2.35. The average Bonchev–Trinajstić information content (AvgIpc) is 2.53. The molecule has 0 fully saturated rings. The van der Waals surface area contributed by atoms with Crippen LogP contribution in [0, 0.1) is 0 Å². The lowest BCUT2D eigenvalue weighted by atomic mass is 10.0. The molecule has 0 spiro atoms. The Balaban J connectivity index is 2.07. The standard InChI is InChI=1S/C17H16N2O3/c1-2-9-19-16(11-7-8-14(20)15(21)10-11)18-13-6-4-3-5-12(13)17(19)22/h2-8,10,16,18,20-21H,1,9H2/t16-/m1/s1. The fourth-order valence-corrected chi connectivity index (χ4v) is 2.59. The molecule has 0 unspecified atom stereocenters. The number of phenolic OH excluding ortho intramolecular Hbond substituents is 2. The highest BCUT2D eigenvalue weighted by atomic mass is 16.3. The maximum Gasteiger partial charge on any atom is 0.258 e. The van der Waals surface area contributed by atoms with Gasteiger partial charge in [-0.15, -0.1) is 6.58 Å². The van der Waals surface area contributed by atoms with E-state index >= 15 is 0 Å². The van der Waals surface area contributed by atoms with Crippen molar-refractivity contribution in [1.29, 1.82) is 0 Å². The summed E-state index contributed by atoms with van der Waals surface area (Å²) in [7, 11) is 0. The zero-order chi connectivity index (χ0) is 15.7. The second kappa shape index (κ2) is 5.44. The fraction of sp³-hybridized carbons (Fsp3) is 0.118. The number of benzene rings is 2. The van der Waals surface area contributed by atoms with Crippen LogP contribution in [0.15, 0.2) is 55.1 Å². The molecule has 112 valence electrons. The first-order valence-corrected chi connectivity index (χ1v) is 6.91. The Hall–Kier alpha value is -2.95. The average molecular weight is 296 g/mol. The number of nitrogens with zero attached hydrogens (tertiary/aromatic N) is 1. The van der Waals surface area contributed by atoms with Crippen molar-refractivity contribution in [2.45, 2.75) is 6.17 Å². The Morgan fingerprint density at radius 3 is 2.68 bits per heavy atom. The van der Waals surface area contributed by atoms with Crippen molar-refractivity contribution in [2.24, 2.45) is 0 Å². The highest BCUT2D eigenvalue weighted by Gasteiger charge is 2.32. The van der Waals surface area contributed by atoms with E-state index in [1.165, 1.54) is 12.1 Å². The number of amides is 1. The SMILES string of the molecule is C=CCN1C(=O)c2ccccc2N[C@H]1c1ccc(O)c(O)c1. The lowest BCUT2D eigenvalue weighted by Gasteiger charge is -2.37. The van der Waals surface area contributed by atoms with Crippen molar-refractivity contribution in [1.82, 2.24) is 4.90 Å². The van der Waals surface area contributed by atoms with Crippen LogP contribution in [0.1, 0.15) is 22.1 Å². The van der Waals surface area contributed by atoms with Gasteiger partial charge in [-0.2, -0.15) is 0 Å². The maximum atomic E-state index is 12.7. The number of carbonyl (C=O) groups is 1. The summed E-state index contributed by atoms with van der Waals surface area (Å²) < 4.78 is 0. The minimum atomic E-state index is -0.438. The van der Waals surface area contributed by atoms with Crippen LogP contribution in [0.25, 0.3) is 0 Å². The number of hydrogen-bond donors (Lipinski definition) is 3. The van der Waals surface area contributed by atoms with Crippen LogP contribution in [0.5, 0.6) is 11.5 Å². The van der Waals surface area contributed by atoms with Gasteiger partial charge >= 0.3 is 0 Å². The van der Waals surface area contributed by atoms with Gasteiger partial charge in [-0.05, 0) is 29.8 Å². The first kappa shape index (κ1) is 14.0. The molecule has 0 radical (unpaired) electrons. The van der Waals surface area contributed by atoms with Gasteiger partial charge in [0.05, 0.1) is 5.56 Å².